The van der Waals surface area contributed by atoms with Crippen LogP contribution in [0, 0.1) is 0 Å². The molecular weight excluding hydrogens is 356 g/mol. The molecule has 1 aliphatic rings. The Balaban J connectivity index is 2.21. The molecule has 1 aromatic rings. The molecule has 0 aliphatic heterocycles. The predicted octanol–water partition coefficient (Wildman–Crippen LogP) is 8.38. The molecule has 0 radical (unpaired) electrons. The van der Waals surface area contributed by atoms with Gasteiger partial charge in [0, 0.05) is 0 Å². The first-order valence-corrected chi connectivity index (χ1v) is 17.4. The molecule has 27 heavy (non-hydrogen) atoms. The number of fused-ring (bicyclic) bond motifs is 1. The third-order valence-electron chi connectivity index (χ3n) is 6.43. The standard InChI is InChI=1S/C25H40Si2/c1-7-9-11-15-19-26(3,4)24-21-25(23-18-14-13-17-22(23)24)27(5,6)20-16-12-10-8-2/h7-8,13-14,17-18,21,24H,1-2,9-12,15-16,19-20H2,3-6H3/t24-/m0/s1. The van der Waals surface area contributed by atoms with Gasteiger partial charge >= 0.3 is 0 Å². The topological polar surface area (TPSA) is 0 Å². The summed E-state index contributed by atoms with van der Waals surface area (Å²) in [5.74, 6) is 0. The Hall–Kier alpha value is -1.13. The van der Waals surface area contributed by atoms with Crippen LogP contribution < -0.4 is 0 Å². The largest absolute Gasteiger partial charge is 0.103 e. The van der Waals surface area contributed by atoms with Gasteiger partial charge in [0.1, 0.15) is 0 Å². The maximum absolute atomic E-state index is 3.88. The Bertz CT molecular complexity index is 667. The maximum atomic E-state index is 3.88. The molecule has 0 N–H and O–H groups in total. The lowest BCUT2D eigenvalue weighted by Crippen LogP contribution is -2.33. The van der Waals surface area contributed by atoms with Crippen molar-refractivity contribution in [3.8, 4) is 0 Å². The van der Waals surface area contributed by atoms with Gasteiger partial charge < -0.3 is 0 Å². The molecule has 0 saturated carbocycles. The highest BCUT2D eigenvalue weighted by molar-refractivity contribution is 6.95. The third kappa shape index (κ3) is 5.68. The molecule has 0 fully saturated rings. The Morgan fingerprint density at radius 1 is 0.852 bits per heavy atom. The molecule has 0 heterocycles. The molecule has 2 heteroatoms. The number of hydrogen-bond donors (Lipinski definition) is 0. The average molecular weight is 397 g/mol. The van der Waals surface area contributed by atoms with Crippen molar-refractivity contribution in [3.05, 3.63) is 66.8 Å². The fraction of sp³-hybridized carbons (Fsp3) is 0.520. The molecule has 0 nitrogen and oxygen atoms in total. The minimum Gasteiger partial charge on any atom is -0.103 e. The van der Waals surface area contributed by atoms with E-state index in [1.807, 2.05) is 0 Å². The molecule has 148 valence electrons. The van der Waals surface area contributed by atoms with Crippen molar-refractivity contribution in [2.45, 2.75) is 82.3 Å². The van der Waals surface area contributed by atoms with Gasteiger partial charge in [-0.05, 0) is 29.5 Å². The first-order chi connectivity index (χ1) is 12.8. The Kier molecular flexibility index (Phi) is 8.11. The van der Waals surface area contributed by atoms with Gasteiger partial charge in [-0.15, -0.1) is 13.2 Å². The fourth-order valence-electron chi connectivity index (χ4n) is 4.61. The molecule has 0 spiro atoms. The lowest BCUT2D eigenvalue weighted by Gasteiger charge is -2.29. The zero-order valence-electron chi connectivity index (χ0n) is 18.2. The van der Waals surface area contributed by atoms with Crippen LogP contribution in [0.1, 0.15) is 55.2 Å². The highest BCUT2D eigenvalue weighted by atomic mass is 28.3. The Morgan fingerprint density at radius 3 is 2.07 bits per heavy atom. The van der Waals surface area contributed by atoms with E-state index >= 15 is 0 Å². The SMILES string of the molecule is C=CCCCC[Si](C)(C)C1=C[C@H]([Si](C)(C)CCCCC=C)c2ccccc21. The summed E-state index contributed by atoms with van der Waals surface area (Å²) in [6.45, 7) is 18.1. The minimum absolute atomic E-state index is 0.701. The maximum Gasteiger partial charge on any atom is 0.0810 e. The number of unbranched alkanes of at least 4 members (excludes halogenated alkanes) is 4. The summed E-state index contributed by atoms with van der Waals surface area (Å²) in [5, 5.41) is 1.74. The summed E-state index contributed by atoms with van der Waals surface area (Å²) < 4.78 is 0. The monoisotopic (exact) mass is 396 g/mol. The van der Waals surface area contributed by atoms with E-state index in [0.29, 0.717) is 5.54 Å². The number of rotatable bonds is 12. The first-order valence-electron chi connectivity index (χ1n) is 10.9. The summed E-state index contributed by atoms with van der Waals surface area (Å²) in [7, 11) is -2.74. The summed E-state index contributed by atoms with van der Waals surface area (Å²) in [4.78, 5) is 0. The second kappa shape index (κ2) is 9.88. The summed E-state index contributed by atoms with van der Waals surface area (Å²) in [5.41, 5.74) is 3.93. The van der Waals surface area contributed by atoms with E-state index in [9.17, 15) is 0 Å². The van der Waals surface area contributed by atoms with Crippen molar-refractivity contribution < 1.29 is 0 Å². The van der Waals surface area contributed by atoms with Crippen LogP contribution in [0.4, 0.5) is 0 Å². The van der Waals surface area contributed by atoms with E-state index in [4.69, 9.17) is 0 Å². The van der Waals surface area contributed by atoms with Crippen LogP contribution >= 0.6 is 0 Å². The van der Waals surface area contributed by atoms with Crippen LogP contribution in [0.5, 0.6) is 0 Å². The quantitative estimate of drug-likeness (QED) is 0.189. The molecule has 0 unspecified atom stereocenters. The molecule has 1 aromatic carbocycles. The van der Waals surface area contributed by atoms with E-state index in [-0.39, 0.29) is 0 Å². The highest BCUT2D eigenvalue weighted by Crippen LogP contribution is 2.47. The fourth-order valence-corrected chi connectivity index (χ4v) is 10.9. The van der Waals surface area contributed by atoms with E-state index < -0.39 is 16.1 Å². The molecule has 1 atom stereocenters. The Labute approximate surface area is 170 Å². The van der Waals surface area contributed by atoms with Crippen molar-refractivity contribution in [1.29, 1.82) is 0 Å². The molecule has 1 aliphatic carbocycles. The lowest BCUT2D eigenvalue weighted by atomic mass is 10.1. The van der Waals surface area contributed by atoms with Crippen LogP contribution in [-0.4, -0.2) is 16.1 Å². The van der Waals surface area contributed by atoms with Crippen LogP contribution in [0.15, 0.2) is 55.7 Å². The normalized spacial score (nSPS) is 16.7. The van der Waals surface area contributed by atoms with Crippen LogP contribution in [0.3, 0.4) is 0 Å². The number of benzene rings is 1. The summed E-state index contributed by atoms with van der Waals surface area (Å²) in [6.07, 6.45) is 14.5. The van der Waals surface area contributed by atoms with Gasteiger partial charge in [0.15, 0.2) is 0 Å². The average Bonchev–Trinajstić information content (AvgIpc) is 3.04. The first kappa shape index (κ1) is 22.2. The van der Waals surface area contributed by atoms with Crippen LogP contribution in [0.25, 0.3) is 5.20 Å². The van der Waals surface area contributed by atoms with Crippen molar-refractivity contribution in [3.63, 3.8) is 0 Å². The van der Waals surface area contributed by atoms with E-state index in [2.05, 4.69) is 81.8 Å². The number of hydrogen-bond acceptors (Lipinski definition) is 0. The minimum atomic E-state index is -1.40. The van der Waals surface area contributed by atoms with Crippen molar-refractivity contribution in [2.75, 3.05) is 0 Å². The van der Waals surface area contributed by atoms with Crippen molar-refractivity contribution >= 4 is 21.3 Å². The second-order valence-electron chi connectivity index (χ2n) is 9.59. The molecule has 0 aromatic heterocycles. The zero-order valence-corrected chi connectivity index (χ0v) is 20.2. The molecule has 2 rings (SSSR count). The number of allylic oxidation sites excluding steroid dienone is 3. The van der Waals surface area contributed by atoms with Gasteiger partial charge in [0.2, 0.25) is 0 Å². The molecule has 0 saturated heterocycles. The highest BCUT2D eigenvalue weighted by Gasteiger charge is 2.40. The molecular formula is C25H40Si2. The van der Waals surface area contributed by atoms with Gasteiger partial charge in [-0.3, -0.25) is 0 Å². The van der Waals surface area contributed by atoms with E-state index in [0.717, 1.165) is 12.8 Å². The van der Waals surface area contributed by atoms with Crippen LogP contribution in [0.2, 0.25) is 38.3 Å². The van der Waals surface area contributed by atoms with E-state index in [1.165, 1.54) is 37.8 Å². The molecule has 0 amide bonds. The zero-order chi connectivity index (χ0) is 19.9. The van der Waals surface area contributed by atoms with Gasteiger partial charge in [0.05, 0.1) is 16.1 Å². The third-order valence-corrected chi connectivity index (χ3v) is 13.7. The van der Waals surface area contributed by atoms with E-state index in [1.54, 1.807) is 16.3 Å². The van der Waals surface area contributed by atoms with Crippen LogP contribution in [-0.2, 0) is 0 Å². The summed E-state index contributed by atoms with van der Waals surface area (Å²) in [6, 6.07) is 12.1. The van der Waals surface area contributed by atoms with Gasteiger partial charge in [-0.1, -0.05) is 112 Å². The summed E-state index contributed by atoms with van der Waals surface area (Å²) >= 11 is 0. The van der Waals surface area contributed by atoms with Crippen molar-refractivity contribution in [2.24, 2.45) is 0 Å². The van der Waals surface area contributed by atoms with Gasteiger partial charge in [-0.25, -0.2) is 0 Å². The van der Waals surface area contributed by atoms with Crippen molar-refractivity contribution in [1.82, 2.24) is 0 Å². The van der Waals surface area contributed by atoms with Gasteiger partial charge in [-0.2, -0.15) is 0 Å². The van der Waals surface area contributed by atoms with Gasteiger partial charge in [0.25, 0.3) is 0 Å². The predicted molar refractivity (Wildman–Crippen MR) is 130 cm³/mol. The molecule has 0 bridgehead atoms. The Morgan fingerprint density at radius 2 is 1.44 bits per heavy atom. The smallest absolute Gasteiger partial charge is 0.0810 e. The second-order valence-corrected chi connectivity index (χ2v) is 19.5. The lowest BCUT2D eigenvalue weighted by molar-refractivity contribution is 0.797.